The van der Waals surface area contributed by atoms with E-state index in [9.17, 15) is 4.79 Å². The second kappa shape index (κ2) is 5.32. The number of hydrogen-bond acceptors (Lipinski definition) is 3. The van der Waals surface area contributed by atoms with Gasteiger partial charge in [-0.05, 0) is 18.8 Å². The third kappa shape index (κ3) is 4.58. The molecule has 0 rings (SSSR count). The molecule has 1 amide bonds. The predicted molar refractivity (Wildman–Crippen MR) is 56.7 cm³/mol. The second-order valence-corrected chi connectivity index (χ2v) is 4.77. The first-order valence-corrected chi connectivity index (χ1v) is 4.96. The molecule has 0 aliphatic heterocycles. The summed E-state index contributed by atoms with van der Waals surface area (Å²) in [4.78, 5) is 11.6. The van der Waals surface area contributed by atoms with Crippen LogP contribution in [0.4, 0.5) is 0 Å². The minimum Gasteiger partial charge on any atom is -0.396 e. The molecule has 14 heavy (non-hydrogen) atoms. The van der Waals surface area contributed by atoms with Crippen LogP contribution in [-0.2, 0) is 4.79 Å². The van der Waals surface area contributed by atoms with Crippen molar-refractivity contribution in [3.05, 3.63) is 0 Å². The van der Waals surface area contributed by atoms with Crippen molar-refractivity contribution in [3.8, 4) is 0 Å². The van der Waals surface area contributed by atoms with Crippen LogP contribution in [0.1, 0.15) is 34.1 Å². The van der Waals surface area contributed by atoms with Gasteiger partial charge < -0.3 is 16.2 Å². The third-order valence-corrected chi connectivity index (χ3v) is 2.17. The van der Waals surface area contributed by atoms with Gasteiger partial charge in [0.2, 0.25) is 5.91 Å². The summed E-state index contributed by atoms with van der Waals surface area (Å²) in [6.45, 7) is 7.70. The third-order valence-electron chi connectivity index (χ3n) is 2.17. The summed E-state index contributed by atoms with van der Waals surface area (Å²) < 4.78 is 0. The fraction of sp³-hybridized carbons (Fsp3) is 0.900. The highest BCUT2D eigenvalue weighted by atomic mass is 16.3. The maximum absolute atomic E-state index is 11.6. The van der Waals surface area contributed by atoms with Gasteiger partial charge in [0.05, 0.1) is 6.04 Å². The summed E-state index contributed by atoms with van der Waals surface area (Å²) >= 11 is 0. The van der Waals surface area contributed by atoms with Gasteiger partial charge in [0, 0.05) is 12.6 Å². The Bertz CT molecular complexity index is 187. The normalized spacial score (nSPS) is 16.1. The fourth-order valence-electron chi connectivity index (χ4n) is 0.992. The van der Waals surface area contributed by atoms with Crippen molar-refractivity contribution in [2.45, 2.75) is 46.2 Å². The van der Waals surface area contributed by atoms with Crippen LogP contribution in [0.15, 0.2) is 0 Å². The highest BCUT2D eigenvalue weighted by molar-refractivity contribution is 5.82. The van der Waals surface area contributed by atoms with Crippen LogP contribution in [0.5, 0.6) is 0 Å². The molecule has 0 bridgehead atoms. The molecule has 2 atom stereocenters. The molecule has 0 saturated heterocycles. The van der Waals surface area contributed by atoms with Crippen molar-refractivity contribution < 1.29 is 9.90 Å². The van der Waals surface area contributed by atoms with Crippen molar-refractivity contribution >= 4 is 5.91 Å². The number of hydrogen-bond donors (Lipinski definition) is 3. The first-order valence-electron chi connectivity index (χ1n) is 4.96. The van der Waals surface area contributed by atoms with Gasteiger partial charge in [-0.2, -0.15) is 0 Å². The molecule has 0 fully saturated rings. The van der Waals surface area contributed by atoms with Crippen LogP contribution in [0.25, 0.3) is 0 Å². The molecule has 2 unspecified atom stereocenters. The predicted octanol–water partition coefficient (Wildman–Crippen LogP) is 0.247. The lowest BCUT2D eigenvalue weighted by Crippen LogP contribution is -2.50. The van der Waals surface area contributed by atoms with E-state index in [1.807, 2.05) is 27.7 Å². The molecular formula is C10H22N2O2. The Morgan fingerprint density at radius 2 is 2.00 bits per heavy atom. The minimum atomic E-state index is -0.511. The van der Waals surface area contributed by atoms with Crippen molar-refractivity contribution in [1.29, 1.82) is 0 Å². The summed E-state index contributed by atoms with van der Waals surface area (Å²) in [5.41, 5.74) is 5.53. The van der Waals surface area contributed by atoms with Gasteiger partial charge in [-0.15, -0.1) is 0 Å². The van der Waals surface area contributed by atoms with Gasteiger partial charge in [0.15, 0.2) is 0 Å². The van der Waals surface area contributed by atoms with Crippen LogP contribution >= 0.6 is 0 Å². The lowest BCUT2D eigenvalue weighted by Gasteiger charge is -2.27. The topological polar surface area (TPSA) is 75.3 Å². The molecule has 0 aromatic heterocycles. The summed E-state index contributed by atoms with van der Waals surface area (Å²) in [5.74, 6) is -0.154. The van der Waals surface area contributed by atoms with Gasteiger partial charge in [-0.1, -0.05) is 20.8 Å². The molecule has 0 heterocycles. The average Bonchev–Trinajstić information content (AvgIpc) is 2.01. The lowest BCUT2D eigenvalue weighted by atomic mass is 9.87. The highest BCUT2D eigenvalue weighted by Crippen LogP contribution is 2.17. The number of rotatable bonds is 4. The van der Waals surface area contributed by atoms with E-state index in [1.54, 1.807) is 0 Å². The SMILES string of the molecule is CC(CCO)NC(=O)C(N)C(C)(C)C. The molecule has 84 valence electrons. The first-order chi connectivity index (χ1) is 6.29. The molecule has 4 heteroatoms. The van der Waals surface area contributed by atoms with Gasteiger partial charge in [0.25, 0.3) is 0 Å². The molecule has 0 aliphatic carbocycles. The largest absolute Gasteiger partial charge is 0.396 e. The van der Waals surface area contributed by atoms with Crippen molar-refractivity contribution in [1.82, 2.24) is 5.32 Å². The number of aliphatic hydroxyl groups excluding tert-OH is 1. The van der Waals surface area contributed by atoms with Crippen LogP contribution in [0.2, 0.25) is 0 Å². The Morgan fingerprint density at radius 3 is 2.36 bits per heavy atom. The zero-order valence-corrected chi connectivity index (χ0v) is 9.50. The molecule has 0 aromatic rings. The van der Waals surface area contributed by atoms with Crippen LogP contribution in [0.3, 0.4) is 0 Å². The number of amides is 1. The van der Waals surface area contributed by atoms with Gasteiger partial charge in [-0.25, -0.2) is 0 Å². The van der Waals surface area contributed by atoms with Crippen molar-refractivity contribution in [2.24, 2.45) is 11.1 Å². The maximum atomic E-state index is 11.6. The van der Waals surface area contributed by atoms with Crippen molar-refractivity contribution in [3.63, 3.8) is 0 Å². The van der Waals surface area contributed by atoms with E-state index in [2.05, 4.69) is 5.32 Å². The number of nitrogens with two attached hydrogens (primary N) is 1. The van der Waals surface area contributed by atoms with E-state index in [1.165, 1.54) is 0 Å². The smallest absolute Gasteiger partial charge is 0.237 e. The minimum absolute atomic E-state index is 0.0269. The van der Waals surface area contributed by atoms with E-state index in [0.29, 0.717) is 6.42 Å². The van der Waals surface area contributed by atoms with E-state index >= 15 is 0 Å². The Hall–Kier alpha value is -0.610. The fourth-order valence-corrected chi connectivity index (χ4v) is 0.992. The van der Waals surface area contributed by atoms with Gasteiger partial charge in [0.1, 0.15) is 0 Å². The highest BCUT2D eigenvalue weighted by Gasteiger charge is 2.27. The Kier molecular flexibility index (Phi) is 5.08. The molecule has 0 radical (unpaired) electrons. The van der Waals surface area contributed by atoms with Gasteiger partial charge >= 0.3 is 0 Å². The zero-order chi connectivity index (χ0) is 11.4. The standard InChI is InChI=1S/C10H22N2O2/c1-7(5-6-13)12-9(14)8(11)10(2,3)4/h7-8,13H,5-6,11H2,1-4H3,(H,12,14). The molecule has 4 N–H and O–H groups in total. The molecule has 0 aliphatic rings. The summed E-state index contributed by atoms with van der Waals surface area (Å²) in [6.07, 6.45) is 0.558. The Morgan fingerprint density at radius 1 is 1.50 bits per heavy atom. The second-order valence-electron chi connectivity index (χ2n) is 4.77. The maximum Gasteiger partial charge on any atom is 0.237 e. The van der Waals surface area contributed by atoms with E-state index in [-0.39, 0.29) is 24.0 Å². The first kappa shape index (κ1) is 13.4. The summed E-state index contributed by atoms with van der Waals surface area (Å²) in [6, 6.07) is -0.537. The number of carbonyl (C=O) groups is 1. The van der Waals surface area contributed by atoms with E-state index < -0.39 is 6.04 Å². The zero-order valence-electron chi connectivity index (χ0n) is 9.50. The molecule has 0 aromatic carbocycles. The quantitative estimate of drug-likeness (QED) is 0.611. The Balaban J connectivity index is 4.08. The van der Waals surface area contributed by atoms with Gasteiger partial charge in [-0.3, -0.25) is 4.79 Å². The van der Waals surface area contributed by atoms with Crippen LogP contribution in [0, 0.1) is 5.41 Å². The molecule has 0 spiro atoms. The van der Waals surface area contributed by atoms with Crippen LogP contribution in [-0.4, -0.2) is 29.7 Å². The van der Waals surface area contributed by atoms with E-state index in [4.69, 9.17) is 10.8 Å². The summed E-state index contributed by atoms with van der Waals surface area (Å²) in [5, 5.41) is 11.4. The molecular weight excluding hydrogens is 180 g/mol. The van der Waals surface area contributed by atoms with Crippen molar-refractivity contribution in [2.75, 3.05) is 6.61 Å². The lowest BCUT2D eigenvalue weighted by molar-refractivity contribution is -0.125. The number of aliphatic hydroxyl groups is 1. The monoisotopic (exact) mass is 202 g/mol. The average molecular weight is 202 g/mol. The van der Waals surface area contributed by atoms with E-state index in [0.717, 1.165) is 0 Å². The van der Waals surface area contributed by atoms with Crippen LogP contribution < -0.4 is 11.1 Å². The molecule has 0 saturated carbocycles. The summed E-state index contributed by atoms with van der Waals surface area (Å²) in [7, 11) is 0. The number of carbonyl (C=O) groups excluding carboxylic acids is 1. The Labute approximate surface area is 85.9 Å². The number of nitrogens with one attached hydrogen (secondary N) is 1. The molecule has 4 nitrogen and oxygen atoms in total.